The Labute approximate surface area is 175 Å². The summed E-state index contributed by atoms with van der Waals surface area (Å²) in [6.07, 6.45) is 2.50. The summed E-state index contributed by atoms with van der Waals surface area (Å²) in [6, 6.07) is 14.3. The lowest BCUT2D eigenvalue weighted by Gasteiger charge is -2.14. The van der Waals surface area contributed by atoms with Crippen LogP contribution >= 0.6 is 0 Å². The Balaban J connectivity index is 1.37. The van der Waals surface area contributed by atoms with Crippen LogP contribution in [0, 0.1) is 6.92 Å². The number of fused-ring (bicyclic) bond motifs is 1. The number of nitrogens with zero attached hydrogens (tertiary/aromatic N) is 1. The zero-order valence-electron chi connectivity index (χ0n) is 16.9. The summed E-state index contributed by atoms with van der Waals surface area (Å²) in [5.41, 5.74) is 4.39. The van der Waals surface area contributed by atoms with Crippen molar-refractivity contribution in [3.63, 3.8) is 0 Å². The maximum absolute atomic E-state index is 12.4. The average Bonchev–Trinajstić information content (AvgIpc) is 3.08. The van der Waals surface area contributed by atoms with Gasteiger partial charge in [-0.3, -0.25) is 9.69 Å². The molecule has 1 aromatic heterocycles. The van der Waals surface area contributed by atoms with Crippen LogP contribution in [-0.2, 0) is 36.1 Å². The van der Waals surface area contributed by atoms with Crippen LogP contribution < -0.4 is 10.2 Å². The molecule has 0 fully saturated rings. The molecule has 6 nitrogen and oxygen atoms in total. The predicted octanol–water partition coefficient (Wildman–Crippen LogP) is 3.45. The van der Waals surface area contributed by atoms with Gasteiger partial charge in [-0.15, -0.1) is 0 Å². The Bertz CT molecular complexity index is 1230. The quantitative estimate of drug-likeness (QED) is 0.602. The minimum Gasteiger partial charge on any atom is -0.482 e. The molecule has 0 amide bonds. The third kappa shape index (κ3) is 4.63. The van der Waals surface area contributed by atoms with Crippen LogP contribution in [0.1, 0.15) is 28.0 Å². The predicted molar refractivity (Wildman–Crippen MR) is 113 cm³/mol. The Morgan fingerprint density at radius 2 is 1.77 bits per heavy atom. The Morgan fingerprint density at radius 1 is 1.03 bits per heavy atom. The molecule has 0 aliphatic carbocycles. The van der Waals surface area contributed by atoms with Gasteiger partial charge in [0.25, 0.3) is 0 Å². The lowest BCUT2D eigenvalue weighted by atomic mass is 10.1. The van der Waals surface area contributed by atoms with E-state index in [1.165, 1.54) is 41.2 Å². The molecule has 0 atom stereocenters. The van der Waals surface area contributed by atoms with Crippen molar-refractivity contribution in [1.82, 2.24) is 4.90 Å². The van der Waals surface area contributed by atoms with Crippen molar-refractivity contribution in [2.24, 2.45) is 0 Å². The van der Waals surface area contributed by atoms with E-state index >= 15 is 0 Å². The van der Waals surface area contributed by atoms with Crippen molar-refractivity contribution < 1.29 is 17.6 Å². The van der Waals surface area contributed by atoms with E-state index < -0.39 is 9.84 Å². The summed E-state index contributed by atoms with van der Waals surface area (Å²) in [7, 11) is -3.24. The van der Waals surface area contributed by atoms with Gasteiger partial charge in [-0.2, -0.15) is 0 Å². The number of aryl methyl sites for hydroxylation is 1. The van der Waals surface area contributed by atoms with Gasteiger partial charge in [0, 0.05) is 25.4 Å². The molecule has 7 heteroatoms. The van der Waals surface area contributed by atoms with Crippen molar-refractivity contribution in [2.45, 2.75) is 38.1 Å². The summed E-state index contributed by atoms with van der Waals surface area (Å²) in [5.74, 6) is 0.723. The zero-order chi connectivity index (χ0) is 21.3. The molecule has 0 radical (unpaired) electrons. The van der Waals surface area contributed by atoms with Gasteiger partial charge in [-0.05, 0) is 35.7 Å². The SMILES string of the molecule is Cc1ccc2c(c1)CN(Cc1cc(=O)c(OCc3ccc(S(C)(=O)=O)cc3)co1)C2. The first-order valence-corrected chi connectivity index (χ1v) is 11.5. The third-order valence-electron chi connectivity index (χ3n) is 5.13. The molecule has 2 heterocycles. The van der Waals surface area contributed by atoms with E-state index in [1.54, 1.807) is 12.1 Å². The fraction of sp³-hybridized carbons (Fsp3) is 0.261. The molecule has 1 aliphatic rings. The molecule has 1 aliphatic heterocycles. The topological polar surface area (TPSA) is 76.8 Å². The fourth-order valence-electron chi connectivity index (χ4n) is 3.55. The minimum atomic E-state index is -3.24. The number of hydrogen-bond donors (Lipinski definition) is 0. The van der Waals surface area contributed by atoms with E-state index in [-0.39, 0.29) is 22.7 Å². The molecule has 156 valence electrons. The fourth-order valence-corrected chi connectivity index (χ4v) is 4.18. The highest BCUT2D eigenvalue weighted by Crippen LogP contribution is 2.25. The highest BCUT2D eigenvalue weighted by atomic mass is 32.2. The van der Waals surface area contributed by atoms with Gasteiger partial charge in [-0.25, -0.2) is 8.42 Å². The highest BCUT2D eigenvalue weighted by molar-refractivity contribution is 7.90. The van der Waals surface area contributed by atoms with Crippen molar-refractivity contribution in [3.05, 3.63) is 93.0 Å². The van der Waals surface area contributed by atoms with Crippen LogP contribution in [0.25, 0.3) is 0 Å². The van der Waals surface area contributed by atoms with Gasteiger partial charge in [0.2, 0.25) is 11.2 Å². The standard InChI is InChI=1S/C23H23NO5S/c1-16-3-6-18-11-24(12-19(18)9-16)13-20-10-22(25)23(15-28-20)29-14-17-4-7-21(8-5-17)30(2,26)27/h3-10,15H,11-14H2,1-2H3. The molecule has 2 aromatic carbocycles. The summed E-state index contributed by atoms with van der Waals surface area (Å²) in [6.45, 7) is 4.45. The Morgan fingerprint density at radius 3 is 2.47 bits per heavy atom. The molecule has 0 saturated carbocycles. The normalized spacial score (nSPS) is 13.9. The number of rotatable bonds is 6. The van der Waals surface area contributed by atoms with Gasteiger partial charge in [0.15, 0.2) is 9.84 Å². The molecule has 4 rings (SSSR count). The molecule has 0 saturated heterocycles. The van der Waals surface area contributed by atoms with E-state index in [0.29, 0.717) is 12.3 Å². The smallest absolute Gasteiger partial charge is 0.227 e. The van der Waals surface area contributed by atoms with Crippen molar-refractivity contribution >= 4 is 9.84 Å². The number of benzene rings is 2. The molecule has 0 unspecified atom stereocenters. The second-order valence-corrected chi connectivity index (χ2v) is 9.71. The van der Waals surface area contributed by atoms with Gasteiger partial charge in [0.05, 0.1) is 11.4 Å². The van der Waals surface area contributed by atoms with Gasteiger partial charge < -0.3 is 9.15 Å². The summed E-state index contributed by atoms with van der Waals surface area (Å²) in [5, 5.41) is 0. The second-order valence-electron chi connectivity index (χ2n) is 7.70. The van der Waals surface area contributed by atoms with Crippen LogP contribution in [0.15, 0.2) is 68.9 Å². The van der Waals surface area contributed by atoms with Crippen LogP contribution in [0.2, 0.25) is 0 Å². The first kappa shape index (κ1) is 20.4. The van der Waals surface area contributed by atoms with Crippen LogP contribution in [0.4, 0.5) is 0 Å². The van der Waals surface area contributed by atoms with Gasteiger partial charge >= 0.3 is 0 Å². The largest absolute Gasteiger partial charge is 0.482 e. The van der Waals surface area contributed by atoms with E-state index in [4.69, 9.17) is 9.15 Å². The Hall–Kier alpha value is -2.90. The molecule has 3 aromatic rings. The second kappa shape index (κ2) is 8.08. The van der Waals surface area contributed by atoms with Crippen LogP contribution in [0.3, 0.4) is 0 Å². The summed E-state index contributed by atoms with van der Waals surface area (Å²) in [4.78, 5) is 14.9. The van der Waals surface area contributed by atoms with Crippen molar-refractivity contribution in [3.8, 4) is 5.75 Å². The third-order valence-corrected chi connectivity index (χ3v) is 6.26. The lowest BCUT2D eigenvalue weighted by molar-refractivity contribution is 0.241. The van der Waals surface area contributed by atoms with Crippen molar-refractivity contribution in [2.75, 3.05) is 6.26 Å². The van der Waals surface area contributed by atoms with Crippen LogP contribution in [-0.4, -0.2) is 19.6 Å². The summed E-state index contributed by atoms with van der Waals surface area (Å²) >= 11 is 0. The molecule has 0 N–H and O–H groups in total. The number of sulfone groups is 1. The maximum Gasteiger partial charge on any atom is 0.227 e. The van der Waals surface area contributed by atoms with E-state index in [9.17, 15) is 13.2 Å². The number of ether oxygens (including phenoxy) is 1. The first-order valence-electron chi connectivity index (χ1n) is 9.62. The molecule has 0 bridgehead atoms. The van der Waals surface area contributed by atoms with Crippen LogP contribution in [0.5, 0.6) is 5.75 Å². The minimum absolute atomic E-state index is 0.131. The molecular formula is C23H23NO5S. The van der Waals surface area contributed by atoms with Crippen molar-refractivity contribution in [1.29, 1.82) is 0 Å². The Kier molecular flexibility index (Phi) is 5.49. The zero-order valence-corrected chi connectivity index (χ0v) is 17.7. The highest BCUT2D eigenvalue weighted by Gasteiger charge is 2.20. The summed E-state index contributed by atoms with van der Waals surface area (Å²) < 4.78 is 34.2. The van der Waals surface area contributed by atoms with E-state index in [0.717, 1.165) is 24.9 Å². The monoisotopic (exact) mass is 425 g/mol. The average molecular weight is 426 g/mol. The van der Waals surface area contributed by atoms with Gasteiger partial charge in [0.1, 0.15) is 18.6 Å². The first-order chi connectivity index (χ1) is 14.3. The number of hydrogen-bond acceptors (Lipinski definition) is 6. The van der Waals surface area contributed by atoms with E-state index in [1.807, 2.05) is 0 Å². The molecular weight excluding hydrogens is 402 g/mol. The molecule has 30 heavy (non-hydrogen) atoms. The van der Waals surface area contributed by atoms with Gasteiger partial charge in [-0.1, -0.05) is 35.9 Å². The molecule has 0 spiro atoms. The maximum atomic E-state index is 12.4. The van der Waals surface area contributed by atoms with E-state index in [2.05, 4.69) is 30.0 Å². The lowest BCUT2D eigenvalue weighted by Crippen LogP contribution is -2.17.